The first kappa shape index (κ1) is 14.2. The molecule has 0 saturated heterocycles. The lowest BCUT2D eigenvalue weighted by Crippen LogP contribution is -2.09. The van der Waals surface area contributed by atoms with Gasteiger partial charge >= 0.3 is 0 Å². The maximum absolute atomic E-state index is 11.9. The molecule has 19 heavy (non-hydrogen) atoms. The van der Waals surface area contributed by atoms with E-state index >= 15 is 0 Å². The van der Waals surface area contributed by atoms with Crippen molar-refractivity contribution in [3.8, 4) is 0 Å². The molecular weight excluding hydrogens is 280 g/mol. The van der Waals surface area contributed by atoms with E-state index in [0.29, 0.717) is 17.2 Å². The van der Waals surface area contributed by atoms with Crippen molar-refractivity contribution >= 4 is 29.1 Å². The Morgan fingerprint density at radius 2 is 2.21 bits per heavy atom. The molecule has 5 heteroatoms. The monoisotopic (exact) mass is 294 g/mol. The second kappa shape index (κ2) is 6.26. The van der Waals surface area contributed by atoms with E-state index in [-0.39, 0.29) is 5.78 Å². The van der Waals surface area contributed by atoms with Crippen LogP contribution in [0.3, 0.4) is 0 Å². The van der Waals surface area contributed by atoms with Gasteiger partial charge in [-0.3, -0.25) is 9.48 Å². The van der Waals surface area contributed by atoms with E-state index < -0.39 is 0 Å². The van der Waals surface area contributed by atoms with Crippen molar-refractivity contribution in [1.29, 1.82) is 0 Å². The first-order valence-electron chi connectivity index (χ1n) is 5.94. The summed E-state index contributed by atoms with van der Waals surface area (Å²) in [6.45, 7) is 1.93. The van der Waals surface area contributed by atoms with Gasteiger partial charge in [-0.05, 0) is 31.2 Å². The zero-order valence-corrected chi connectivity index (χ0v) is 12.5. The second-order valence-electron chi connectivity index (χ2n) is 4.36. The molecule has 1 aromatic heterocycles. The maximum atomic E-state index is 11.9. The molecule has 0 unspecified atom stereocenters. The molecule has 0 aliphatic rings. The molecule has 0 spiro atoms. The Bertz CT molecular complexity index is 595. The van der Waals surface area contributed by atoms with Crippen LogP contribution in [0, 0.1) is 6.92 Å². The molecule has 0 aliphatic carbocycles. The molecule has 0 fully saturated rings. The highest BCUT2D eigenvalue weighted by Gasteiger charge is 2.09. The number of aromatic nitrogens is 2. The van der Waals surface area contributed by atoms with Crippen LogP contribution >= 0.6 is 23.4 Å². The van der Waals surface area contributed by atoms with Crippen molar-refractivity contribution in [2.75, 3.05) is 5.75 Å². The Balaban J connectivity index is 1.90. The van der Waals surface area contributed by atoms with Gasteiger partial charge < -0.3 is 0 Å². The summed E-state index contributed by atoms with van der Waals surface area (Å²) in [6.07, 6.45) is 0.422. The van der Waals surface area contributed by atoms with Crippen LogP contribution in [0.4, 0.5) is 0 Å². The van der Waals surface area contributed by atoms with Gasteiger partial charge in [-0.25, -0.2) is 0 Å². The summed E-state index contributed by atoms with van der Waals surface area (Å²) >= 11 is 7.41. The van der Waals surface area contributed by atoms with Gasteiger partial charge in [0.1, 0.15) is 5.78 Å². The van der Waals surface area contributed by atoms with Gasteiger partial charge in [0.05, 0.1) is 11.4 Å². The van der Waals surface area contributed by atoms with Crippen molar-refractivity contribution in [1.82, 2.24) is 9.78 Å². The molecule has 0 atom stereocenters. The minimum absolute atomic E-state index is 0.188. The van der Waals surface area contributed by atoms with E-state index in [2.05, 4.69) is 5.10 Å². The maximum Gasteiger partial charge on any atom is 0.149 e. The predicted octanol–water partition coefficient (Wildman–Crippen LogP) is 3.29. The van der Waals surface area contributed by atoms with Gasteiger partial charge in [-0.15, -0.1) is 11.8 Å². The first-order chi connectivity index (χ1) is 9.04. The molecule has 1 aromatic carbocycles. The summed E-state index contributed by atoms with van der Waals surface area (Å²) in [5.74, 6) is 0.637. The highest BCUT2D eigenvalue weighted by Crippen LogP contribution is 2.21. The molecule has 0 radical (unpaired) electrons. The van der Waals surface area contributed by atoms with Crippen LogP contribution in [0.15, 0.2) is 35.2 Å². The molecule has 3 nitrogen and oxygen atoms in total. The van der Waals surface area contributed by atoms with E-state index in [1.54, 1.807) is 4.68 Å². The Hall–Kier alpha value is -1.26. The number of hydrogen-bond acceptors (Lipinski definition) is 3. The zero-order chi connectivity index (χ0) is 13.8. The Morgan fingerprint density at radius 3 is 2.84 bits per heavy atom. The number of ketones is 1. The van der Waals surface area contributed by atoms with E-state index in [0.717, 1.165) is 16.3 Å². The largest absolute Gasteiger partial charge is 0.298 e. The van der Waals surface area contributed by atoms with Gasteiger partial charge in [0, 0.05) is 29.1 Å². The summed E-state index contributed by atoms with van der Waals surface area (Å²) in [6, 6.07) is 9.49. The van der Waals surface area contributed by atoms with Crippen molar-refractivity contribution in [2.24, 2.45) is 7.05 Å². The van der Waals surface area contributed by atoms with E-state index in [9.17, 15) is 4.79 Å². The third-order valence-corrected chi connectivity index (χ3v) is 3.96. The number of thioether (sulfide) groups is 1. The zero-order valence-electron chi connectivity index (χ0n) is 10.9. The number of halogens is 1. The van der Waals surface area contributed by atoms with Gasteiger partial charge in [-0.1, -0.05) is 17.7 Å². The minimum atomic E-state index is 0.188. The van der Waals surface area contributed by atoms with E-state index in [1.807, 2.05) is 44.3 Å². The smallest absolute Gasteiger partial charge is 0.149 e. The van der Waals surface area contributed by atoms with Gasteiger partial charge in [-0.2, -0.15) is 5.10 Å². The fourth-order valence-electron chi connectivity index (χ4n) is 1.80. The van der Waals surface area contributed by atoms with Crippen LogP contribution in [-0.2, 0) is 18.3 Å². The van der Waals surface area contributed by atoms with Crippen LogP contribution in [-0.4, -0.2) is 21.3 Å². The topological polar surface area (TPSA) is 34.9 Å². The fraction of sp³-hybridized carbons (Fsp3) is 0.286. The van der Waals surface area contributed by atoms with Crippen LogP contribution < -0.4 is 0 Å². The molecular formula is C14H15ClN2OS. The second-order valence-corrected chi connectivity index (χ2v) is 5.85. The number of Topliss-reactive ketones (excluding diaryl/α,β-unsaturated/α-hetero) is 1. The lowest BCUT2D eigenvalue weighted by Gasteiger charge is -2.03. The molecule has 2 rings (SSSR count). The highest BCUT2D eigenvalue weighted by atomic mass is 35.5. The lowest BCUT2D eigenvalue weighted by atomic mass is 10.2. The van der Waals surface area contributed by atoms with E-state index in [1.165, 1.54) is 11.8 Å². The van der Waals surface area contributed by atoms with Crippen LogP contribution in [0.5, 0.6) is 0 Å². The third-order valence-electron chi connectivity index (χ3n) is 2.67. The number of carbonyl (C=O) groups excluding carboxylic acids is 1. The van der Waals surface area contributed by atoms with E-state index in [4.69, 9.17) is 11.6 Å². The number of hydrogen-bond donors (Lipinski definition) is 0. The number of rotatable bonds is 5. The molecule has 0 N–H and O–H groups in total. The Morgan fingerprint density at radius 1 is 1.42 bits per heavy atom. The molecule has 1 heterocycles. The molecule has 0 amide bonds. The number of aryl methyl sites for hydroxylation is 2. The standard InChI is InChI=1S/C14H15ClN2OS/c1-10-6-12(17(2)16-10)8-13(18)9-19-14-5-3-4-11(15)7-14/h3-7H,8-9H2,1-2H3. The third kappa shape index (κ3) is 4.11. The molecule has 0 saturated carbocycles. The summed E-state index contributed by atoms with van der Waals surface area (Å²) < 4.78 is 1.76. The van der Waals surface area contributed by atoms with Crippen molar-refractivity contribution in [3.63, 3.8) is 0 Å². The van der Waals surface area contributed by atoms with Gasteiger partial charge in [0.2, 0.25) is 0 Å². The fourth-order valence-corrected chi connectivity index (χ4v) is 2.87. The minimum Gasteiger partial charge on any atom is -0.298 e. The number of benzene rings is 1. The summed E-state index contributed by atoms with van der Waals surface area (Å²) in [7, 11) is 1.86. The van der Waals surface area contributed by atoms with Crippen LogP contribution in [0.25, 0.3) is 0 Å². The van der Waals surface area contributed by atoms with Gasteiger partial charge in [0.15, 0.2) is 0 Å². The van der Waals surface area contributed by atoms with Gasteiger partial charge in [0.25, 0.3) is 0 Å². The molecule has 0 bridgehead atoms. The van der Waals surface area contributed by atoms with Crippen molar-refractivity contribution in [2.45, 2.75) is 18.2 Å². The summed E-state index contributed by atoms with van der Waals surface area (Å²) in [4.78, 5) is 13.0. The summed E-state index contributed by atoms with van der Waals surface area (Å²) in [5, 5.41) is 4.93. The normalized spacial score (nSPS) is 10.7. The lowest BCUT2D eigenvalue weighted by molar-refractivity contribution is -0.116. The van der Waals surface area contributed by atoms with Crippen LogP contribution in [0.2, 0.25) is 5.02 Å². The van der Waals surface area contributed by atoms with Crippen molar-refractivity contribution < 1.29 is 4.79 Å². The average Bonchev–Trinajstić information content (AvgIpc) is 2.65. The number of carbonyl (C=O) groups is 1. The summed E-state index contributed by atoms with van der Waals surface area (Å²) in [5.41, 5.74) is 1.89. The number of nitrogens with zero attached hydrogens (tertiary/aromatic N) is 2. The Kier molecular flexibility index (Phi) is 4.66. The quantitative estimate of drug-likeness (QED) is 0.794. The first-order valence-corrected chi connectivity index (χ1v) is 7.30. The van der Waals surface area contributed by atoms with Crippen LogP contribution in [0.1, 0.15) is 11.4 Å². The average molecular weight is 295 g/mol. The van der Waals surface area contributed by atoms with Crippen molar-refractivity contribution in [3.05, 3.63) is 46.7 Å². The predicted molar refractivity (Wildman–Crippen MR) is 78.8 cm³/mol. The molecule has 0 aliphatic heterocycles. The molecule has 2 aromatic rings. The Labute approximate surface area is 122 Å². The molecule has 100 valence electrons. The highest BCUT2D eigenvalue weighted by molar-refractivity contribution is 8.00. The SMILES string of the molecule is Cc1cc(CC(=O)CSc2cccc(Cl)c2)n(C)n1.